The zero-order valence-electron chi connectivity index (χ0n) is 11.2. The molecule has 0 fully saturated rings. The number of thiazole rings is 1. The highest BCUT2D eigenvalue weighted by Gasteiger charge is 2.09. The molecule has 0 spiro atoms. The fourth-order valence-corrected chi connectivity index (χ4v) is 3.15. The number of anilines is 2. The fraction of sp³-hybridized carbons (Fsp3) is 0. The molecule has 0 saturated carbocycles. The number of rotatable bonds is 3. The number of benzene rings is 2. The predicted molar refractivity (Wildman–Crippen MR) is 89.1 cm³/mol. The van der Waals surface area contributed by atoms with Crippen molar-refractivity contribution in [1.29, 1.82) is 0 Å². The molecule has 0 bridgehead atoms. The van der Waals surface area contributed by atoms with E-state index in [4.69, 9.17) is 0 Å². The van der Waals surface area contributed by atoms with Crippen molar-refractivity contribution in [2.75, 3.05) is 5.32 Å². The van der Waals surface area contributed by atoms with Gasteiger partial charge in [0, 0.05) is 33.7 Å². The minimum atomic E-state index is 0.881. The van der Waals surface area contributed by atoms with Gasteiger partial charge in [-0.25, -0.2) is 4.98 Å². The minimum absolute atomic E-state index is 0.881. The molecule has 21 heavy (non-hydrogen) atoms. The van der Waals surface area contributed by atoms with E-state index in [1.54, 1.807) is 11.3 Å². The molecule has 2 aromatic carbocycles. The van der Waals surface area contributed by atoms with Crippen molar-refractivity contribution in [2.24, 2.45) is 0 Å². The number of nitrogens with one attached hydrogen (secondary N) is 2. The predicted octanol–water partition coefficient (Wildman–Crippen LogP) is 5.04. The van der Waals surface area contributed by atoms with Crippen molar-refractivity contribution in [2.45, 2.75) is 0 Å². The van der Waals surface area contributed by atoms with Crippen molar-refractivity contribution < 1.29 is 0 Å². The molecule has 3 nitrogen and oxygen atoms in total. The third-order valence-electron chi connectivity index (χ3n) is 3.37. The highest BCUT2D eigenvalue weighted by atomic mass is 32.1. The van der Waals surface area contributed by atoms with Crippen molar-refractivity contribution >= 4 is 33.7 Å². The van der Waals surface area contributed by atoms with Gasteiger partial charge in [-0.1, -0.05) is 36.4 Å². The molecule has 4 rings (SSSR count). The van der Waals surface area contributed by atoms with E-state index in [-0.39, 0.29) is 0 Å². The van der Waals surface area contributed by atoms with Crippen LogP contribution >= 0.6 is 11.3 Å². The van der Waals surface area contributed by atoms with Gasteiger partial charge >= 0.3 is 0 Å². The van der Waals surface area contributed by atoms with E-state index in [9.17, 15) is 0 Å². The van der Waals surface area contributed by atoms with Gasteiger partial charge in [0.15, 0.2) is 0 Å². The zero-order valence-corrected chi connectivity index (χ0v) is 12.0. The molecule has 102 valence electrons. The number of hydrogen-bond donors (Lipinski definition) is 2. The van der Waals surface area contributed by atoms with Crippen LogP contribution in [0.2, 0.25) is 0 Å². The Morgan fingerprint density at radius 1 is 0.952 bits per heavy atom. The van der Waals surface area contributed by atoms with Gasteiger partial charge in [-0.15, -0.1) is 11.3 Å². The van der Waals surface area contributed by atoms with Gasteiger partial charge in [-0.3, -0.25) is 0 Å². The number of H-pyrrole nitrogens is 1. The first kappa shape index (κ1) is 12.2. The number of aromatic nitrogens is 2. The lowest BCUT2D eigenvalue weighted by molar-refractivity contribution is 1.38. The third-order valence-corrected chi connectivity index (χ3v) is 4.25. The van der Waals surface area contributed by atoms with Gasteiger partial charge in [-0.2, -0.15) is 0 Å². The second kappa shape index (κ2) is 5.07. The Morgan fingerprint density at radius 2 is 1.76 bits per heavy atom. The highest BCUT2D eigenvalue weighted by molar-refractivity contribution is 7.13. The maximum atomic E-state index is 4.69. The number of para-hydroxylation sites is 2. The average Bonchev–Trinajstić information content (AvgIpc) is 3.14. The van der Waals surface area contributed by atoms with Gasteiger partial charge in [0.2, 0.25) is 0 Å². The van der Waals surface area contributed by atoms with Crippen LogP contribution in [0.25, 0.3) is 21.5 Å². The summed E-state index contributed by atoms with van der Waals surface area (Å²) in [4.78, 5) is 7.98. The van der Waals surface area contributed by atoms with Gasteiger partial charge in [0.1, 0.15) is 10.8 Å². The van der Waals surface area contributed by atoms with Crippen molar-refractivity contribution in [3.63, 3.8) is 0 Å². The van der Waals surface area contributed by atoms with E-state index in [0.717, 1.165) is 27.6 Å². The van der Waals surface area contributed by atoms with Crippen LogP contribution < -0.4 is 5.32 Å². The molecule has 0 amide bonds. The Kier molecular flexibility index (Phi) is 2.94. The maximum Gasteiger partial charge on any atom is 0.142 e. The third kappa shape index (κ3) is 2.30. The monoisotopic (exact) mass is 291 g/mol. The first-order valence-corrected chi connectivity index (χ1v) is 7.62. The Morgan fingerprint density at radius 3 is 2.67 bits per heavy atom. The van der Waals surface area contributed by atoms with Crippen molar-refractivity contribution in [3.8, 4) is 10.6 Å². The Labute approximate surface area is 126 Å². The van der Waals surface area contributed by atoms with Gasteiger partial charge in [0.25, 0.3) is 0 Å². The van der Waals surface area contributed by atoms with Gasteiger partial charge < -0.3 is 10.3 Å². The first-order chi connectivity index (χ1) is 10.4. The summed E-state index contributed by atoms with van der Waals surface area (Å²) >= 11 is 1.65. The van der Waals surface area contributed by atoms with Gasteiger partial charge in [0.05, 0.1) is 0 Å². The quantitative estimate of drug-likeness (QED) is 0.555. The molecule has 0 radical (unpaired) electrons. The van der Waals surface area contributed by atoms with Crippen LogP contribution in [0.15, 0.2) is 66.2 Å². The molecule has 0 unspecified atom stereocenters. The zero-order chi connectivity index (χ0) is 14.1. The van der Waals surface area contributed by atoms with Crippen LogP contribution in [0, 0.1) is 0 Å². The summed E-state index contributed by atoms with van der Waals surface area (Å²) in [5.41, 5.74) is 3.34. The average molecular weight is 291 g/mol. The normalized spacial score (nSPS) is 10.9. The smallest absolute Gasteiger partial charge is 0.142 e. The Balaban J connectivity index is 1.68. The van der Waals surface area contributed by atoms with E-state index in [0.29, 0.717) is 0 Å². The van der Waals surface area contributed by atoms with E-state index in [1.807, 2.05) is 48.0 Å². The summed E-state index contributed by atoms with van der Waals surface area (Å²) in [6.07, 6.45) is 2.02. The molecule has 0 aliphatic rings. The summed E-state index contributed by atoms with van der Waals surface area (Å²) in [6.45, 7) is 0. The summed E-state index contributed by atoms with van der Waals surface area (Å²) < 4.78 is 0. The van der Waals surface area contributed by atoms with Crippen LogP contribution in [0.5, 0.6) is 0 Å². The Bertz CT molecular complexity index is 877. The molecular weight excluding hydrogens is 278 g/mol. The summed E-state index contributed by atoms with van der Waals surface area (Å²) in [6, 6.07) is 18.4. The van der Waals surface area contributed by atoms with E-state index < -0.39 is 0 Å². The number of nitrogens with zero attached hydrogens (tertiary/aromatic N) is 1. The summed E-state index contributed by atoms with van der Waals surface area (Å²) in [5, 5.41) is 7.60. The minimum Gasteiger partial charge on any atom is -0.360 e. The van der Waals surface area contributed by atoms with E-state index >= 15 is 0 Å². The van der Waals surface area contributed by atoms with Crippen molar-refractivity contribution in [1.82, 2.24) is 9.97 Å². The number of fused-ring (bicyclic) bond motifs is 1. The fourth-order valence-electron chi connectivity index (χ4n) is 2.37. The summed E-state index contributed by atoms with van der Waals surface area (Å²) in [7, 11) is 0. The second-order valence-corrected chi connectivity index (χ2v) is 5.63. The molecule has 4 heteroatoms. The van der Waals surface area contributed by atoms with Gasteiger partial charge in [-0.05, 0) is 18.2 Å². The first-order valence-electron chi connectivity index (χ1n) is 6.74. The number of aromatic amines is 1. The van der Waals surface area contributed by atoms with Crippen LogP contribution in [-0.2, 0) is 0 Å². The molecule has 0 saturated heterocycles. The molecule has 2 aromatic heterocycles. The highest BCUT2D eigenvalue weighted by Crippen LogP contribution is 2.32. The van der Waals surface area contributed by atoms with Crippen LogP contribution in [0.1, 0.15) is 0 Å². The largest absolute Gasteiger partial charge is 0.360 e. The lowest BCUT2D eigenvalue weighted by atomic mass is 10.2. The molecule has 4 aromatic rings. The summed E-state index contributed by atoms with van der Waals surface area (Å²) in [5.74, 6) is 0.881. The van der Waals surface area contributed by atoms with E-state index in [1.165, 1.54) is 5.39 Å². The van der Waals surface area contributed by atoms with Crippen LogP contribution in [0.4, 0.5) is 11.5 Å². The molecule has 2 heterocycles. The number of hydrogen-bond acceptors (Lipinski definition) is 3. The lowest BCUT2D eigenvalue weighted by Gasteiger charge is -2.01. The van der Waals surface area contributed by atoms with Crippen molar-refractivity contribution in [3.05, 3.63) is 66.2 Å². The molecule has 0 aliphatic heterocycles. The lowest BCUT2D eigenvalue weighted by Crippen LogP contribution is -1.89. The SMILES string of the molecule is c1ccc(Nc2csc(-c3c[nH]c4ccccc34)n2)cc1. The molecule has 2 N–H and O–H groups in total. The van der Waals surface area contributed by atoms with E-state index in [2.05, 4.69) is 33.5 Å². The maximum absolute atomic E-state index is 4.69. The Hall–Kier alpha value is -2.59. The standard InChI is InChI=1S/C17H13N3S/c1-2-6-12(7-3-1)19-16-11-21-17(20-16)14-10-18-15-9-5-4-8-13(14)15/h1-11,18-19H. The topological polar surface area (TPSA) is 40.7 Å². The molecule has 0 aliphatic carbocycles. The van der Waals surface area contributed by atoms with Crippen LogP contribution in [-0.4, -0.2) is 9.97 Å². The molecular formula is C17H13N3S. The second-order valence-electron chi connectivity index (χ2n) is 4.78. The van der Waals surface area contributed by atoms with Crippen LogP contribution in [0.3, 0.4) is 0 Å². The molecule has 0 atom stereocenters.